The van der Waals surface area contributed by atoms with E-state index in [1.165, 1.54) is 31.4 Å². The van der Waals surface area contributed by atoms with Gasteiger partial charge in [-0.15, -0.1) is 5.10 Å². The number of rotatable bonds is 8. The summed E-state index contributed by atoms with van der Waals surface area (Å²) >= 11 is 0. The maximum Gasteiger partial charge on any atom is 0.0725 e. The topological polar surface area (TPSA) is 30.7 Å². The fourth-order valence-electron chi connectivity index (χ4n) is 2.00. The van der Waals surface area contributed by atoms with Crippen molar-refractivity contribution in [1.82, 2.24) is 15.0 Å². The second kappa shape index (κ2) is 7.46. The molecular weight excluding hydrogens is 210 g/mol. The monoisotopic (exact) mass is 237 g/mol. The van der Waals surface area contributed by atoms with E-state index in [0.29, 0.717) is 0 Å². The quantitative estimate of drug-likeness (QED) is 0.690. The molecule has 3 heteroatoms. The van der Waals surface area contributed by atoms with Crippen molar-refractivity contribution >= 4 is 0 Å². The average molecular weight is 237 g/mol. The fourth-order valence-corrected chi connectivity index (χ4v) is 2.00. The van der Waals surface area contributed by atoms with Crippen LogP contribution in [0.5, 0.6) is 0 Å². The van der Waals surface area contributed by atoms with Gasteiger partial charge in [-0.2, -0.15) is 0 Å². The molecule has 3 nitrogen and oxygen atoms in total. The van der Waals surface area contributed by atoms with Gasteiger partial charge in [-0.1, -0.05) is 39.3 Å². The smallest absolute Gasteiger partial charge is 0.0725 e. The van der Waals surface area contributed by atoms with Crippen LogP contribution in [0, 0.1) is 11.8 Å². The highest BCUT2D eigenvalue weighted by atomic mass is 15.4. The lowest BCUT2D eigenvalue weighted by atomic mass is 10.1. The molecule has 1 rings (SSSR count). The lowest BCUT2D eigenvalue weighted by molar-refractivity contribution is 0.466. The van der Waals surface area contributed by atoms with Crippen molar-refractivity contribution in [3.05, 3.63) is 11.9 Å². The normalized spacial score (nSPS) is 11.6. The molecule has 1 heterocycles. The Labute approximate surface area is 106 Å². The van der Waals surface area contributed by atoms with Gasteiger partial charge in [0, 0.05) is 6.54 Å². The zero-order chi connectivity index (χ0) is 12.7. The highest BCUT2D eigenvalue weighted by molar-refractivity contribution is 4.93. The van der Waals surface area contributed by atoms with Crippen molar-refractivity contribution < 1.29 is 0 Å². The van der Waals surface area contributed by atoms with Crippen LogP contribution in [0.15, 0.2) is 6.20 Å². The molecule has 0 aromatic carbocycles. The molecule has 0 spiro atoms. The number of aromatic nitrogens is 3. The molecule has 0 unspecified atom stereocenters. The van der Waals surface area contributed by atoms with Gasteiger partial charge in [0.15, 0.2) is 0 Å². The van der Waals surface area contributed by atoms with Crippen LogP contribution in [0.2, 0.25) is 0 Å². The summed E-state index contributed by atoms with van der Waals surface area (Å²) in [6.45, 7) is 10.1. The van der Waals surface area contributed by atoms with Gasteiger partial charge in [0.25, 0.3) is 0 Å². The van der Waals surface area contributed by atoms with E-state index in [4.69, 9.17) is 0 Å². The molecule has 0 amide bonds. The Morgan fingerprint density at radius 2 is 1.71 bits per heavy atom. The molecule has 0 saturated carbocycles. The van der Waals surface area contributed by atoms with Gasteiger partial charge in [-0.3, -0.25) is 0 Å². The highest BCUT2D eigenvalue weighted by Crippen LogP contribution is 2.10. The van der Waals surface area contributed by atoms with Crippen LogP contribution in [0.25, 0.3) is 0 Å². The second-order valence-corrected chi connectivity index (χ2v) is 5.77. The van der Waals surface area contributed by atoms with Crippen LogP contribution in [-0.4, -0.2) is 15.0 Å². The van der Waals surface area contributed by atoms with Gasteiger partial charge < -0.3 is 0 Å². The largest absolute Gasteiger partial charge is 0.249 e. The molecule has 1 aromatic heterocycles. The average Bonchev–Trinajstić information content (AvgIpc) is 2.65. The Morgan fingerprint density at radius 3 is 2.35 bits per heavy atom. The van der Waals surface area contributed by atoms with Crippen LogP contribution in [0.4, 0.5) is 0 Å². The Kier molecular flexibility index (Phi) is 6.23. The van der Waals surface area contributed by atoms with Crippen molar-refractivity contribution in [2.45, 2.75) is 66.3 Å². The Hall–Kier alpha value is -0.860. The third-order valence-electron chi connectivity index (χ3n) is 3.06. The maximum atomic E-state index is 4.18. The maximum absolute atomic E-state index is 4.18. The molecular formula is C14H27N3. The van der Waals surface area contributed by atoms with Gasteiger partial charge in [0.05, 0.1) is 11.9 Å². The first-order valence-electron chi connectivity index (χ1n) is 6.97. The zero-order valence-corrected chi connectivity index (χ0v) is 11.8. The Balaban J connectivity index is 2.32. The minimum atomic E-state index is 0.780. The lowest BCUT2D eigenvalue weighted by Crippen LogP contribution is -2.06. The summed E-state index contributed by atoms with van der Waals surface area (Å²) in [5.74, 6) is 1.57. The SMILES string of the molecule is CC(C)CCCc1cnnn1CCCC(C)C. The summed E-state index contributed by atoms with van der Waals surface area (Å²) in [4.78, 5) is 0. The number of nitrogens with zero attached hydrogens (tertiary/aromatic N) is 3. The van der Waals surface area contributed by atoms with E-state index in [1.54, 1.807) is 0 Å². The van der Waals surface area contributed by atoms with Crippen molar-refractivity contribution in [1.29, 1.82) is 0 Å². The summed E-state index contributed by atoms with van der Waals surface area (Å²) < 4.78 is 2.09. The van der Waals surface area contributed by atoms with E-state index < -0.39 is 0 Å². The fraction of sp³-hybridized carbons (Fsp3) is 0.857. The summed E-state index contributed by atoms with van der Waals surface area (Å²) in [6, 6.07) is 0. The number of aryl methyl sites for hydroxylation is 2. The summed E-state index contributed by atoms with van der Waals surface area (Å²) in [6.07, 6.45) is 8.05. The predicted octanol–water partition coefficient (Wildman–Crippen LogP) is 3.69. The van der Waals surface area contributed by atoms with Crippen molar-refractivity contribution in [2.75, 3.05) is 0 Å². The molecule has 17 heavy (non-hydrogen) atoms. The minimum Gasteiger partial charge on any atom is -0.249 e. The number of hydrogen-bond acceptors (Lipinski definition) is 2. The van der Waals surface area contributed by atoms with Gasteiger partial charge >= 0.3 is 0 Å². The molecule has 0 radical (unpaired) electrons. The van der Waals surface area contributed by atoms with Gasteiger partial charge in [-0.25, -0.2) is 4.68 Å². The first-order chi connectivity index (χ1) is 8.09. The van der Waals surface area contributed by atoms with E-state index in [2.05, 4.69) is 42.7 Å². The van der Waals surface area contributed by atoms with E-state index in [0.717, 1.165) is 24.8 Å². The molecule has 98 valence electrons. The van der Waals surface area contributed by atoms with Gasteiger partial charge in [0.1, 0.15) is 0 Å². The second-order valence-electron chi connectivity index (χ2n) is 5.77. The lowest BCUT2D eigenvalue weighted by Gasteiger charge is -2.08. The zero-order valence-electron chi connectivity index (χ0n) is 11.8. The van der Waals surface area contributed by atoms with Crippen molar-refractivity contribution in [3.63, 3.8) is 0 Å². The summed E-state index contributed by atoms with van der Waals surface area (Å²) in [5.41, 5.74) is 1.30. The first kappa shape index (κ1) is 14.2. The van der Waals surface area contributed by atoms with Crippen molar-refractivity contribution in [2.24, 2.45) is 11.8 Å². The minimum absolute atomic E-state index is 0.780. The molecule has 0 aliphatic heterocycles. The molecule has 0 saturated heterocycles. The van der Waals surface area contributed by atoms with Crippen LogP contribution < -0.4 is 0 Å². The summed E-state index contributed by atoms with van der Waals surface area (Å²) in [7, 11) is 0. The highest BCUT2D eigenvalue weighted by Gasteiger charge is 2.04. The molecule has 0 fully saturated rings. The Bertz CT molecular complexity index is 274. The van der Waals surface area contributed by atoms with Crippen LogP contribution in [0.3, 0.4) is 0 Å². The molecule has 0 aliphatic rings. The van der Waals surface area contributed by atoms with Gasteiger partial charge in [-0.05, 0) is 37.5 Å². The van der Waals surface area contributed by atoms with Gasteiger partial charge in [0.2, 0.25) is 0 Å². The number of hydrogen-bond donors (Lipinski definition) is 0. The standard InChI is InChI=1S/C14H27N3/c1-12(2)7-5-9-14-11-15-16-17(14)10-6-8-13(3)4/h11-13H,5-10H2,1-4H3. The van der Waals surface area contributed by atoms with Crippen LogP contribution in [-0.2, 0) is 13.0 Å². The Morgan fingerprint density at radius 1 is 1.06 bits per heavy atom. The van der Waals surface area contributed by atoms with Crippen LogP contribution in [0.1, 0.15) is 59.1 Å². The molecule has 0 bridgehead atoms. The predicted molar refractivity (Wildman–Crippen MR) is 71.9 cm³/mol. The van der Waals surface area contributed by atoms with E-state index in [-0.39, 0.29) is 0 Å². The molecule has 0 aliphatic carbocycles. The van der Waals surface area contributed by atoms with E-state index in [1.807, 2.05) is 6.20 Å². The third kappa shape index (κ3) is 5.85. The third-order valence-corrected chi connectivity index (χ3v) is 3.06. The molecule has 1 aromatic rings. The first-order valence-corrected chi connectivity index (χ1v) is 6.97. The van der Waals surface area contributed by atoms with E-state index in [9.17, 15) is 0 Å². The summed E-state index contributed by atoms with van der Waals surface area (Å²) in [5, 5.41) is 8.21. The van der Waals surface area contributed by atoms with E-state index >= 15 is 0 Å². The molecule has 0 atom stereocenters. The van der Waals surface area contributed by atoms with Crippen LogP contribution >= 0.6 is 0 Å². The molecule has 0 N–H and O–H groups in total. The van der Waals surface area contributed by atoms with Crippen molar-refractivity contribution in [3.8, 4) is 0 Å².